The van der Waals surface area contributed by atoms with Gasteiger partial charge in [-0.05, 0) is 31.4 Å². The summed E-state index contributed by atoms with van der Waals surface area (Å²) in [5.41, 5.74) is 2.04. The number of ether oxygens (including phenoxy) is 3. The van der Waals surface area contributed by atoms with Gasteiger partial charge in [-0.25, -0.2) is 4.79 Å². The number of para-hydroxylation sites is 1. The summed E-state index contributed by atoms with van der Waals surface area (Å²) in [5.74, 6) is 5.62. The molecule has 1 saturated carbocycles. The predicted octanol–water partition coefficient (Wildman–Crippen LogP) is 4.08. The number of carbonyl (C=O) groups is 2. The summed E-state index contributed by atoms with van der Waals surface area (Å²) in [6.45, 7) is 3.72. The Hall–Kier alpha value is -2.98. The van der Waals surface area contributed by atoms with E-state index < -0.39 is 24.3 Å². The van der Waals surface area contributed by atoms with E-state index in [-0.39, 0.29) is 30.3 Å². The second-order valence-electron chi connectivity index (χ2n) is 8.67. The molecule has 0 radical (unpaired) electrons. The molecule has 7 nitrogen and oxygen atoms in total. The van der Waals surface area contributed by atoms with E-state index in [9.17, 15) is 14.7 Å². The molecule has 6 atom stereocenters. The van der Waals surface area contributed by atoms with E-state index in [1.165, 1.54) is 7.11 Å². The van der Waals surface area contributed by atoms with Crippen molar-refractivity contribution in [2.75, 3.05) is 7.11 Å². The van der Waals surface area contributed by atoms with Gasteiger partial charge in [-0.3, -0.25) is 4.79 Å². The van der Waals surface area contributed by atoms with Gasteiger partial charge in [0.05, 0.1) is 13.2 Å². The molecule has 1 heterocycles. The highest BCUT2D eigenvalue weighted by Gasteiger charge is 2.49. The molecule has 0 bridgehead atoms. The number of hydrogen-bond acceptors (Lipinski definition) is 6. The van der Waals surface area contributed by atoms with Gasteiger partial charge in [0.1, 0.15) is 18.0 Å². The molecule has 0 spiro atoms. The third-order valence-electron chi connectivity index (χ3n) is 6.41. The fourth-order valence-corrected chi connectivity index (χ4v) is 4.72. The monoisotopic (exact) mass is 456 g/mol. The normalized spacial score (nSPS) is 24.7. The quantitative estimate of drug-likeness (QED) is 0.328. The van der Waals surface area contributed by atoms with Crippen molar-refractivity contribution in [1.29, 1.82) is 0 Å². The standard InChI is InChI=1S/C26H32O7/c1-4-5-8-16(2)21(33-26(30)31-3)14-13-18-20(27)15-22-24(18)19-11-6-9-17(25(19)32-22)10-7-12-23(28)29/h6,9,11,13-14,16,18,20-22,24,27H,7-8,10,12,15H2,1-3H3,(H,28,29). The van der Waals surface area contributed by atoms with Crippen molar-refractivity contribution in [3.63, 3.8) is 0 Å². The van der Waals surface area contributed by atoms with Crippen LogP contribution in [0.15, 0.2) is 30.4 Å². The van der Waals surface area contributed by atoms with Gasteiger partial charge in [0, 0.05) is 42.6 Å². The zero-order chi connectivity index (χ0) is 24.0. The van der Waals surface area contributed by atoms with Gasteiger partial charge in [-0.1, -0.05) is 31.2 Å². The van der Waals surface area contributed by atoms with Crippen LogP contribution in [-0.2, 0) is 20.7 Å². The van der Waals surface area contributed by atoms with Crippen molar-refractivity contribution in [3.05, 3.63) is 41.5 Å². The van der Waals surface area contributed by atoms with Crippen LogP contribution in [0.3, 0.4) is 0 Å². The van der Waals surface area contributed by atoms with Crippen molar-refractivity contribution in [2.45, 2.75) is 70.2 Å². The lowest BCUT2D eigenvalue weighted by molar-refractivity contribution is -0.137. The molecule has 2 N–H and O–H groups in total. The molecule has 33 heavy (non-hydrogen) atoms. The average Bonchev–Trinajstić information content (AvgIpc) is 3.29. The van der Waals surface area contributed by atoms with Gasteiger partial charge in [0.15, 0.2) is 0 Å². The van der Waals surface area contributed by atoms with Crippen LogP contribution in [-0.4, -0.2) is 47.8 Å². The third kappa shape index (κ3) is 5.88. The molecular weight excluding hydrogens is 424 g/mol. The van der Waals surface area contributed by atoms with E-state index in [0.29, 0.717) is 25.7 Å². The molecule has 0 saturated heterocycles. The second-order valence-corrected chi connectivity index (χ2v) is 8.67. The van der Waals surface area contributed by atoms with Gasteiger partial charge in [-0.15, -0.1) is 11.8 Å². The zero-order valence-corrected chi connectivity index (χ0v) is 19.3. The Morgan fingerprint density at radius 2 is 2.15 bits per heavy atom. The fraction of sp³-hybridized carbons (Fsp3) is 0.538. The Morgan fingerprint density at radius 3 is 2.85 bits per heavy atom. The maximum atomic E-state index is 11.8. The number of hydrogen-bond donors (Lipinski definition) is 2. The zero-order valence-electron chi connectivity index (χ0n) is 19.3. The summed E-state index contributed by atoms with van der Waals surface area (Å²) >= 11 is 0. The Balaban J connectivity index is 1.80. The van der Waals surface area contributed by atoms with Crippen molar-refractivity contribution in [3.8, 4) is 17.6 Å². The minimum Gasteiger partial charge on any atom is -0.489 e. The average molecular weight is 457 g/mol. The van der Waals surface area contributed by atoms with E-state index in [0.717, 1.165) is 16.9 Å². The molecule has 1 fully saturated rings. The Bertz CT molecular complexity index is 942. The lowest BCUT2D eigenvalue weighted by atomic mass is 9.86. The smallest absolute Gasteiger partial charge is 0.489 e. The first-order chi connectivity index (χ1) is 15.8. The number of aryl methyl sites for hydroxylation is 1. The number of benzene rings is 1. The van der Waals surface area contributed by atoms with E-state index >= 15 is 0 Å². The molecule has 0 aromatic heterocycles. The van der Waals surface area contributed by atoms with Crippen molar-refractivity contribution >= 4 is 12.1 Å². The summed E-state index contributed by atoms with van der Waals surface area (Å²) in [6, 6.07) is 5.95. The summed E-state index contributed by atoms with van der Waals surface area (Å²) in [7, 11) is 1.27. The van der Waals surface area contributed by atoms with E-state index in [1.54, 1.807) is 6.92 Å². The minimum absolute atomic E-state index is 0.0183. The maximum absolute atomic E-state index is 11.8. The second kappa shape index (κ2) is 11.2. The third-order valence-corrected chi connectivity index (χ3v) is 6.41. The highest BCUT2D eigenvalue weighted by Crippen LogP contribution is 2.52. The Kier molecular flexibility index (Phi) is 8.40. The van der Waals surface area contributed by atoms with Crippen LogP contribution in [0.2, 0.25) is 0 Å². The predicted molar refractivity (Wildman–Crippen MR) is 122 cm³/mol. The largest absolute Gasteiger partial charge is 0.508 e. The Labute approximate surface area is 194 Å². The molecule has 1 aliphatic heterocycles. The van der Waals surface area contributed by atoms with Gasteiger partial charge in [-0.2, -0.15) is 0 Å². The lowest BCUT2D eigenvalue weighted by Crippen LogP contribution is -2.24. The van der Waals surface area contributed by atoms with Crippen molar-refractivity contribution < 1.29 is 34.0 Å². The Morgan fingerprint density at radius 1 is 1.36 bits per heavy atom. The summed E-state index contributed by atoms with van der Waals surface area (Å²) in [4.78, 5) is 22.6. The molecule has 178 valence electrons. The molecule has 1 aromatic carbocycles. The molecule has 7 heteroatoms. The van der Waals surface area contributed by atoms with Crippen LogP contribution in [0.4, 0.5) is 4.79 Å². The number of aliphatic hydroxyl groups is 1. The van der Waals surface area contributed by atoms with Crippen LogP contribution >= 0.6 is 0 Å². The number of fused-ring (bicyclic) bond motifs is 3. The fourth-order valence-electron chi connectivity index (χ4n) is 4.72. The molecule has 3 rings (SSSR count). The topological polar surface area (TPSA) is 102 Å². The summed E-state index contributed by atoms with van der Waals surface area (Å²) < 4.78 is 16.4. The summed E-state index contributed by atoms with van der Waals surface area (Å²) in [6.07, 6.45) is 4.08. The first kappa shape index (κ1) is 24.7. The number of methoxy groups -OCH3 is 1. The van der Waals surface area contributed by atoms with Crippen LogP contribution in [0.1, 0.15) is 56.6 Å². The first-order valence-corrected chi connectivity index (χ1v) is 11.4. The number of carboxylic acids is 1. The van der Waals surface area contributed by atoms with Gasteiger partial charge in [0.2, 0.25) is 0 Å². The van der Waals surface area contributed by atoms with Crippen LogP contribution in [0.25, 0.3) is 0 Å². The number of aliphatic hydroxyl groups excluding tert-OH is 1. The van der Waals surface area contributed by atoms with Crippen LogP contribution in [0, 0.1) is 23.7 Å². The number of aliphatic carboxylic acids is 1. The number of carbonyl (C=O) groups excluding carboxylic acids is 1. The molecule has 6 unspecified atom stereocenters. The van der Waals surface area contributed by atoms with E-state index in [1.807, 2.05) is 37.3 Å². The molecule has 2 aliphatic rings. The first-order valence-electron chi connectivity index (χ1n) is 11.4. The van der Waals surface area contributed by atoms with Gasteiger partial charge >= 0.3 is 12.1 Å². The summed E-state index contributed by atoms with van der Waals surface area (Å²) in [5, 5.41) is 19.7. The highest BCUT2D eigenvalue weighted by atomic mass is 16.7. The van der Waals surface area contributed by atoms with E-state index in [4.69, 9.17) is 14.6 Å². The SMILES string of the molecule is CC#CCC(C)C(C=CC1C(O)CC2Oc3c(CCCC(=O)O)cccc3C21)OC(=O)OC. The molecule has 1 aromatic rings. The van der Waals surface area contributed by atoms with Gasteiger partial charge in [0.25, 0.3) is 0 Å². The molecular formula is C26H32O7. The number of rotatable bonds is 9. The van der Waals surface area contributed by atoms with Crippen LogP contribution < -0.4 is 4.74 Å². The molecule has 0 amide bonds. The van der Waals surface area contributed by atoms with Crippen LogP contribution in [0.5, 0.6) is 5.75 Å². The minimum atomic E-state index is -0.809. The molecule has 1 aliphatic carbocycles. The lowest BCUT2D eigenvalue weighted by Gasteiger charge is -2.21. The highest BCUT2D eigenvalue weighted by molar-refractivity contribution is 5.66. The van der Waals surface area contributed by atoms with Crippen molar-refractivity contribution in [2.24, 2.45) is 11.8 Å². The van der Waals surface area contributed by atoms with Gasteiger partial charge < -0.3 is 24.4 Å². The maximum Gasteiger partial charge on any atom is 0.508 e. The van der Waals surface area contributed by atoms with E-state index in [2.05, 4.69) is 16.6 Å². The number of carboxylic acid groups (broad SMARTS) is 1. The van der Waals surface area contributed by atoms with Crippen molar-refractivity contribution in [1.82, 2.24) is 0 Å².